The molecule has 1 aromatic heterocycles. The largest absolute Gasteiger partial charge is 0.444 e. The van der Waals surface area contributed by atoms with Crippen molar-refractivity contribution in [3.63, 3.8) is 0 Å². The third-order valence-electron chi connectivity index (χ3n) is 8.10. The number of carbonyl (C=O) groups is 2. The maximum absolute atomic E-state index is 15.3. The van der Waals surface area contributed by atoms with Crippen LogP contribution in [0.25, 0.3) is 5.69 Å². The quantitative estimate of drug-likeness (QED) is 0.148. The van der Waals surface area contributed by atoms with Crippen LogP contribution < -0.4 is 16.4 Å². The Labute approximate surface area is 281 Å². The number of rotatable bonds is 10. The minimum atomic E-state index is -4.89. The molecule has 1 fully saturated rings. The number of amides is 2. The molecule has 4 N–H and O–H groups in total. The van der Waals surface area contributed by atoms with E-state index < -0.39 is 46.5 Å². The van der Waals surface area contributed by atoms with Gasteiger partial charge in [-0.15, -0.1) is 0 Å². The van der Waals surface area contributed by atoms with E-state index in [1.54, 1.807) is 51.1 Å². The van der Waals surface area contributed by atoms with E-state index in [0.29, 0.717) is 40.7 Å². The van der Waals surface area contributed by atoms with E-state index in [1.165, 1.54) is 30.3 Å². The number of halogens is 4. The lowest BCUT2D eigenvalue weighted by molar-refractivity contribution is -0.141. The molecule has 0 spiro atoms. The number of nitrogens with one attached hydrogen (secondary N) is 2. The molecule has 256 valence electrons. The highest BCUT2D eigenvalue weighted by atomic mass is 19.4. The van der Waals surface area contributed by atoms with Crippen molar-refractivity contribution in [1.82, 2.24) is 15.1 Å². The number of ether oxygens (including phenoxy) is 1. The highest BCUT2D eigenvalue weighted by Crippen LogP contribution is 2.41. The second-order valence-corrected chi connectivity index (χ2v) is 13.1. The van der Waals surface area contributed by atoms with Crippen LogP contribution in [0.5, 0.6) is 0 Å². The summed E-state index contributed by atoms with van der Waals surface area (Å²) in [5.41, 5.74) is 5.06. The van der Waals surface area contributed by atoms with E-state index in [1.807, 2.05) is 0 Å². The fourth-order valence-corrected chi connectivity index (χ4v) is 5.41. The van der Waals surface area contributed by atoms with E-state index in [4.69, 9.17) is 10.5 Å². The summed E-state index contributed by atoms with van der Waals surface area (Å²) in [5.74, 6) is -1.37. The first-order valence-electron chi connectivity index (χ1n) is 15.7. The number of hydrogen-bond donors (Lipinski definition) is 3. The molecular formula is C36H36F4N6O3. The maximum atomic E-state index is 15.3. The molecule has 0 saturated heterocycles. The van der Waals surface area contributed by atoms with Gasteiger partial charge < -0.3 is 21.1 Å². The molecule has 5 rings (SSSR count). The molecule has 9 nitrogen and oxygen atoms in total. The molecule has 3 aromatic carbocycles. The van der Waals surface area contributed by atoms with Gasteiger partial charge in [0.15, 0.2) is 5.69 Å². The van der Waals surface area contributed by atoms with E-state index >= 15 is 4.39 Å². The lowest BCUT2D eigenvalue weighted by Gasteiger charge is -2.32. The summed E-state index contributed by atoms with van der Waals surface area (Å²) in [6.07, 6.45) is -2.15. The topological polar surface area (TPSA) is 135 Å². The Morgan fingerprint density at radius 3 is 2.41 bits per heavy atom. The van der Waals surface area contributed by atoms with Crippen LogP contribution in [0.2, 0.25) is 0 Å². The number of nitrogens with two attached hydrogens (primary N) is 1. The minimum Gasteiger partial charge on any atom is -0.444 e. The number of hydrogen-bond acceptors (Lipinski definition) is 6. The average Bonchev–Trinajstić information content (AvgIpc) is 3.76. The van der Waals surface area contributed by atoms with Crippen molar-refractivity contribution in [3.05, 3.63) is 112 Å². The summed E-state index contributed by atoms with van der Waals surface area (Å²) in [5, 5.41) is 18.1. The van der Waals surface area contributed by atoms with Gasteiger partial charge in [0.1, 0.15) is 17.1 Å². The van der Waals surface area contributed by atoms with E-state index in [2.05, 4.69) is 21.8 Å². The molecular weight excluding hydrogens is 640 g/mol. The van der Waals surface area contributed by atoms with Crippen LogP contribution in [0.15, 0.2) is 72.8 Å². The van der Waals surface area contributed by atoms with E-state index in [9.17, 15) is 28.0 Å². The Balaban J connectivity index is 1.46. The second kappa shape index (κ2) is 13.7. The number of nitrogens with zero attached hydrogens (tertiary/aromatic N) is 3. The van der Waals surface area contributed by atoms with Gasteiger partial charge in [-0.3, -0.25) is 4.79 Å². The van der Waals surface area contributed by atoms with Crippen molar-refractivity contribution in [2.24, 2.45) is 11.7 Å². The molecule has 0 aliphatic heterocycles. The number of aromatic nitrogens is 2. The summed E-state index contributed by atoms with van der Waals surface area (Å²) >= 11 is 0. The molecule has 2 amide bonds. The van der Waals surface area contributed by atoms with Crippen molar-refractivity contribution in [2.45, 2.75) is 70.3 Å². The van der Waals surface area contributed by atoms with Gasteiger partial charge in [0.2, 0.25) is 0 Å². The molecule has 4 aromatic rings. The lowest BCUT2D eigenvalue weighted by atomic mass is 9.79. The summed E-state index contributed by atoms with van der Waals surface area (Å²) in [7, 11) is 0. The molecule has 0 radical (unpaired) electrons. The zero-order chi connectivity index (χ0) is 35.6. The van der Waals surface area contributed by atoms with Gasteiger partial charge in [0.25, 0.3) is 5.91 Å². The van der Waals surface area contributed by atoms with Crippen molar-refractivity contribution < 1.29 is 31.9 Å². The number of alkyl carbamates (subject to hydrolysis) is 1. The predicted octanol–water partition coefficient (Wildman–Crippen LogP) is 7.57. The van der Waals surface area contributed by atoms with Gasteiger partial charge in [-0.25, -0.2) is 13.9 Å². The van der Waals surface area contributed by atoms with Crippen LogP contribution in [-0.2, 0) is 23.0 Å². The summed E-state index contributed by atoms with van der Waals surface area (Å²) < 4.78 is 62.8. The van der Waals surface area contributed by atoms with Crippen LogP contribution >= 0.6 is 0 Å². The first-order valence-corrected chi connectivity index (χ1v) is 15.7. The highest BCUT2D eigenvalue weighted by molar-refractivity contribution is 6.03. The zero-order valence-electron chi connectivity index (χ0n) is 27.2. The molecule has 49 heavy (non-hydrogen) atoms. The van der Waals surface area contributed by atoms with E-state index in [-0.39, 0.29) is 17.9 Å². The SMILES string of the molecule is CC(C)(C)OC(=O)NCc1cccc(-n2nc(C(F)(F)F)cc2C(=O)Nc2cc(C(N)(CCC3CC3)c3cccc(C#N)c3)ccc2F)c1. The summed E-state index contributed by atoms with van der Waals surface area (Å²) in [4.78, 5) is 25.8. The van der Waals surface area contributed by atoms with Crippen molar-refractivity contribution >= 4 is 17.7 Å². The normalized spacial score (nSPS) is 14.4. The molecule has 1 atom stereocenters. The Bertz CT molecular complexity index is 1910. The fraction of sp³-hybridized carbons (Fsp3) is 0.333. The molecule has 1 saturated carbocycles. The Kier molecular flexibility index (Phi) is 9.83. The second-order valence-electron chi connectivity index (χ2n) is 13.1. The van der Waals surface area contributed by atoms with Crippen LogP contribution in [0.4, 0.5) is 28.0 Å². The van der Waals surface area contributed by atoms with Gasteiger partial charge in [0, 0.05) is 12.6 Å². The summed E-state index contributed by atoms with van der Waals surface area (Å²) in [6, 6.07) is 19.6. The number of benzene rings is 3. The predicted molar refractivity (Wildman–Crippen MR) is 174 cm³/mol. The maximum Gasteiger partial charge on any atom is 0.435 e. The van der Waals surface area contributed by atoms with Gasteiger partial charge >= 0.3 is 12.3 Å². The monoisotopic (exact) mass is 676 g/mol. The molecule has 0 bridgehead atoms. The summed E-state index contributed by atoms with van der Waals surface area (Å²) in [6.45, 7) is 5.09. The average molecular weight is 677 g/mol. The van der Waals surface area contributed by atoms with Crippen LogP contribution in [-0.4, -0.2) is 27.4 Å². The third kappa shape index (κ3) is 8.63. The number of carbonyl (C=O) groups excluding carboxylic acids is 2. The number of anilines is 1. The van der Waals surface area contributed by atoms with Gasteiger partial charge in [0.05, 0.1) is 28.5 Å². The Morgan fingerprint density at radius 1 is 1.02 bits per heavy atom. The number of alkyl halides is 3. The molecule has 1 aliphatic rings. The van der Waals surface area contributed by atoms with Gasteiger partial charge in [-0.2, -0.15) is 23.5 Å². The van der Waals surface area contributed by atoms with Crippen LogP contribution in [0, 0.1) is 23.1 Å². The van der Waals surface area contributed by atoms with Crippen LogP contribution in [0.3, 0.4) is 0 Å². The van der Waals surface area contributed by atoms with E-state index in [0.717, 1.165) is 30.0 Å². The van der Waals surface area contributed by atoms with Crippen LogP contribution in [0.1, 0.15) is 84.9 Å². The molecule has 1 heterocycles. The van der Waals surface area contributed by atoms with Gasteiger partial charge in [-0.05, 0) is 92.6 Å². The van der Waals surface area contributed by atoms with Crippen molar-refractivity contribution in [1.29, 1.82) is 5.26 Å². The Hall–Kier alpha value is -5.22. The third-order valence-corrected chi connectivity index (χ3v) is 8.10. The van der Waals surface area contributed by atoms with Crippen molar-refractivity contribution in [3.8, 4) is 11.8 Å². The number of nitriles is 1. The van der Waals surface area contributed by atoms with Gasteiger partial charge in [-0.1, -0.05) is 43.2 Å². The van der Waals surface area contributed by atoms with Crippen molar-refractivity contribution in [2.75, 3.05) is 5.32 Å². The smallest absolute Gasteiger partial charge is 0.435 e. The lowest BCUT2D eigenvalue weighted by Crippen LogP contribution is -2.38. The fourth-order valence-electron chi connectivity index (χ4n) is 5.41. The minimum absolute atomic E-state index is 0.0193. The first-order chi connectivity index (χ1) is 23.1. The zero-order valence-corrected chi connectivity index (χ0v) is 27.2. The highest BCUT2D eigenvalue weighted by Gasteiger charge is 2.37. The molecule has 1 aliphatic carbocycles. The standard InChI is InChI=1S/C36H36F4N6O3/c1-34(2,3)49-33(48)43-21-24-7-5-9-27(17-24)46-30(19-31(45-46)36(38,39)40)32(47)44-29-18-26(12-13-28(29)37)35(42,15-14-22-10-11-22)25-8-4-6-23(16-25)20-41/h4-9,12-13,16-19,22H,10-11,14-15,21,42H2,1-3H3,(H,43,48)(H,44,47). The molecule has 13 heteroatoms. The molecule has 1 unspecified atom stereocenters. The Morgan fingerprint density at radius 2 is 1.73 bits per heavy atom. The first kappa shape index (κ1) is 35.1.